The van der Waals surface area contributed by atoms with Gasteiger partial charge in [-0.3, -0.25) is 14.4 Å². The second-order valence-electron chi connectivity index (χ2n) is 16.7. The normalized spacial score (nSPS) is 35.9. The summed E-state index contributed by atoms with van der Waals surface area (Å²) in [7, 11) is 3.73. The van der Waals surface area contributed by atoms with Crippen LogP contribution in [-0.4, -0.2) is 135 Å². The number of hydrogen-bond acceptors (Lipinski definition) is 15. The fourth-order valence-corrected chi connectivity index (χ4v) is 8.12. The standard InChI is InChI=1S/C42H62N6O11/c1-11-33-42(8,53)34-18-31(45-28(6)49)24(2)19-41(7,55-23-30(22-54-34)46-56-21-29-13-14-35(43-20-29)48-16-12-15-44-48)38(26(4)36(50)27(5)39(52)58-33)59-40-37(51)32(47(9)10)17-25(3)57-40/h12-16,18,20,24-27,32-34,37-38,40,51,53H,11,17,19,21-23H2,1-10H3,(H,45,49)/t24-,25-,26+,27-,32+,33-,34-,37-,38-,40+,41-,42-/m1/s1. The molecule has 0 unspecified atom stereocenters. The van der Waals surface area contributed by atoms with Crippen LogP contribution in [0.1, 0.15) is 80.2 Å². The summed E-state index contributed by atoms with van der Waals surface area (Å²) in [5, 5.41) is 35.4. The molecule has 3 N–H and O–H groups in total. The maximum atomic E-state index is 14.5. The molecule has 0 spiro atoms. The first-order chi connectivity index (χ1) is 27.8. The van der Waals surface area contributed by atoms with E-state index in [0.717, 1.165) is 5.56 Å². The van der Waals surface area contributed by atoms with Crippen molar-refractivity contribution >= 4 is 23.4 Å². The van der Waals surface area contributed by atoms with Crippen molar-refractivity contribution in [2.45, 2.75) is 135 Å². The van der Waals surface area contributed by atoms with Gasteiger partial charge in [-0.05, 0) is 85.2 Å². The van der Waals surface area contributed by atoms with Crippen LogP contribution in [0.4, 0.5) is 0 Å². The third kappa shape index (κ3) is 11.0. The number of oxime groups is 1. The van der Waals surface area contributed by atoms with E-state index in [1.54, 1.807) is 62.3 Å². The Morgan fingerprint density at radius 3 is 2.53 bits per heavy atom. The number of ether oxygens (including phenoxy) is 5. The van der Waals surface area contributed by atoms with Crippen LogP contribution in [0.2, 0.25) is 0 Å². The molecule has 12 atom stereocenters. The molecule has 3 aliphatic heterocycles. The SMILES string of the molecule is CC[C@H]1OC(=O)[C@H](C)C(=O)[C@H](C)[C@@H](O[C@@H]2O[C@H](C)C[C@H](N(C)C)[C@H]2O)[C@@]2(C)C[C@@H](C)C(NC(C)=O)=C[C@@H](OCC(=NOCc3ccc(-n4cccn4)nc3)CO2)[C@]1(C)O. The lowest BCUT2D eigenvalue weighted by atomic mass is 9.77. The first-order valence-electron chi connectivity index (χ1n) is 20.3. The number of carbonyl (C=O) groups is 3. The number of esters is 1. The lowest BCUT2D eigenvalue weighted by Crippen LogP contribution is -2.59. The highest BCUT2D eigenvalue weighted by molar-refractivity contribution is 6.00. The zero-order valence-corrected chi connectivity index (χ0v) is 35.9. The minimum Gasteiger partial charge on any atom is -0.459 e. The van der Waals surface area contributed by atoms with Gasteiger partial charge < -0.3 is 49.0 Å². The van der Waals surface area contributed by atoms with Gasteiger partial charge in [0.25, 0.3) is 0 Å². The van der Waals surface area contributed by atoms with Crippen LogP contribution in [0.3, 0.4) is 0 Å². The summed E-state index contributed by atoms with van der Waals surface area (Å²) in [4.78, 5) is 53.2. The number of Topliss-reactive ketones (excluding diaryl/α,β-unsaturated/α-hetero) is 1. The van der Waals surface area contributed by atoms with Crippen LogP contribution >= 0.6 is 0 Å². The van der Waals surface area contributed by atoms with Gasteiger partial charge in [0.05, 0.1) is 31.0 Å². The summed E-state index contributed by atoms with van der Waals surface area (Å²) < 4.78 is 33.8. The molecule has 0 aromatic carbocycles. The van der Waals surface area contributed by atoms with E-state index in [9.17, 15) is 24.6 Å². The largest absolute Gasteiger partial charge is 0.459 e. The van der Waals surface area contributed by atoms with Gasteiger partial charge in [-0.15, -0.1) is 0 Å². The van der Waals surface area contributed by atoms with Crippen LogP contribution in [0.25, 0.3) is 5.82 Å². The molecule has 2 aromatic rings. The number of amides is 1. The topological polar surface area (TPSA) is 205 Å². The first kappa shape index (κ1) is 46.0. The van der Waals surface area contributed by atoms with E-state index in [4.69, 9.17) is 28.5 Å². The molecule has 0 saturated carbocycles. The number of cyclic esters (lactones) is 1. The number of fused-ring (bicyclic) bond motifs is 4. The molecule has 0 radical (unpaired) electrons. The maximum absolute atomic E-state index is 14.5. The summed E-state index contributed by atoms with van der Waals surface area (Å²) in [5.41, 5.74) is -1.84. The van der Waals surface area contributed by atoms with Gasteiger partial charge in [-0.1, -0.05) is 32.0 Å². The maximum Gasteiger partial charge on any atom is 0.316 e. The number of allylic oxidation sites excluding steroid dienone is 1. The highest BCUT2D eigenvalue weighted by atomic mass is 16.7. The summed E-state index contributed by atoms with van der Waals surface area (Å²) in [5.74, 6) is -3.86. The number of ketones is 1. The molecule has 1 saturated heterocycles. The number of aliphatic hydroxyl groups excluding tert-OH is 1. The van der Waals surface area contributed by atoms with Crippen molar-refractivity contribution in [1.29, 1.82) is 0 Å². The average molecular weight is 827 g/mol. The molecule has 17 heteroatoms. The molecule has 5 rings (SSSR count). The number of aliphatic hydroxyl groups is 2. The second kappa shape index (κ2) is 19.5. The van der Waals surface area contributed by atoms with Crippen molar-refractivity contribution in [1.82, 2.24) is 25.0 Å². The third-order valence-electron chi connectivity index (χ3n) is 11.6. The van der Waals surface area contributed by atoms with E-state index in [-0.39, 0.29) is 56.4 Å². The van der Waals surface area contributed by atoms with Crippen LogP contribution in [0, 0.1) is 17.8 Å². The van der Waals surface area contributed by atoms with Gasteiger partial charge in [-0.25, -0.2) is 9.67 Å². The number of pyridine rings is 1. The molecule has 5 heterocycles. The van der Waals surface area contributed by atoms with Crippen LogP contribution < -0.4 is 5.32 Å². The lowest BCUT2D eigenvalue weighted by Gasteiger charge is -2.47. The number of rotatable bonds is 9. The fraction of sp³-hybridized carbons (Fsp3) is 0.667. The Labute approximate surface area is 346 Å². The van der Waals surface area contributed by atoms with Gasteiger partial charge in [-0.2, -0.15) is 5.10 Å². The summed E-state index contributed by atoms with van der Waals surface area (Å²) in [6, 6.07) is 5.12. The first-order valence-corrected chi connectivity index (χ1v) is 20.3. The molecule has 17 nitrogen and oxygen atoms in total. The van der Waals surface area contributed by atoms with Crippen molar-refractivity contribution < 1.29 is 53.1 Å². The van der Waals surface area contributed by atoms with E-state index in [0.29, 0.717) is 17.9 Å². The van der Waals surface area contributed by atoms with Crippen LogP contribution in [-0.2, 0) is 49.5 Å². The molecule has 2 aromatic heterocycles. The molecule has 1 fully saturated rings. The Morgan fingerprint density at radius 1 is 1.15 bits per heavy atom. The smallest absolute Gasteiger partial charge is 0.316 e. The van der Waals surface area contributed by atoms with E-state index in [1.165, 1.54) is 20.8 Å². The predicted molar refractivity (Wildman–Crippen MR) is 215 cm³/mol. The van der Waals surface area contributed by atoms with Gasteiger partial charge in [0.2, 0.25) is 5.91 Å². The van der Waals surface area contributed by atoms with Crippen LogP contribution in [0.5, 0.6) is 0 Å². The minimum absolute atomic E-state index is 0.0447. The molecular weight excluding hydrogens is 764 g/mol. The Hall–Kier alpha value is -4.10. The quantitative estimate of drug-likeness (QED) is 0.189. The highest BCUT2D eigenvalue weighted by Crippen LogP contribution is 2.39. The lowest BCUT2D eigenvalue weighted by molar-refractivity contribution is -0.296. The predicted octanol–water partition coefficient (Wildman–Crippen LogP) is 3.10. The Kier molecular flexibility index (Phi) is 15.2. The molecular formula is C42H62N6O11. The van der Waals surface area contributed by atoms with E-state index in [1.807, 2.05) is 38.9 Å². The zero-order valence-electron chi connectivity index (χ0n) is 35.9. The number of hydrogen-bond donors (Lipinski definition) is 3. The Balaban J connectivity index is 1.61. The fourth-order valence-electron chi connectivity index (χ4n) is 8.12. The highest BCUT2D eigenvalue weighted by Gasteiger charge is 2.51. The number of carbonyl (C=O) groups excluding carboxylic acids is 3. The third-order valence-corrected chi connectivity index (χ3v) is 11.6. The molecule has 0 aliphatic carbocycles. The molecule has 59 heavy (non-hydrogen) atoms. The number of aromatic nitrogens is 3. The number of nitrogens with zero attached hydrogens (tertiary/aromatic N) is 5. The molecule has 2 bridgehead atoms. The minimum atomic E-state index is -1.86. The zero-order chi connectivity index (χ0) is 43.2. The Morgan fingerprint density at radius 2 is 1.90 bits per heavy atom. The van der Waals surface area contributed by atoms with E-state index in [2.05, 4.69) is 20.6 Å². The summed E-state index contributed by atoms with van der Waals surface area (Å²) in [6.45, 7) is 12.9. The number of nitrogens with one attached hydrogen (secondary N) is 1. The van der Waals surface area contributed by atoms with Gasteiger partial charge in [0, 0.05) is 48.7 Å². The number of likely N-dealkylation sites (N-methyl/N-ethyl adjacent to an activating group) is 1. The van der Waals surface area contributed by atoms with Gasteiger partial charge in [0.15, 0.2) is 17.9 Å². The van der Waals surface area contributed by atoms with Crippen molar-refractivity contribution in [3.63, 3.8) is 0 Å². The second-order valence-corrected chi connectivity index (χ2v) is 16.7. The van der Waals surface area contributed by atoms with Gasteiger partial charge >= 0.3 is 5.97 Å². The molecule has 1 amide bonds. The molecule has 326 valence electrons. The van der Waals surface area contributed by atoms with Crippen molar-refractivity contribution in [2.24, 2.45) is 22.9 Å². The summed E-state index contributed by atoms with van der Waals surface area (Å²) in [6.07, 6.45) is 1.55. The Bertz CT molecular complexity index is 1800. The van der Waals surface area contributed by atoms with E-state index >= 15 is 0 Å². The molecule has 3 aliphatic rings. The van der Waals surface area contributed by atoms with Gasteiger partial charge in [0.1, 0.15) is 42.1 Å². The monoisotopic (exact) mass is 826 g/mol. The average Bonchev–Trinajstić information content (AvgIpc) is 3.73. The van der Waals surface area contributed by atoms with Crippen molar-refractivity contribution in [3.8, 4) is 5.82 Å². The summed E-state index contributed by atoms with van der Waals surface area (Å²) >= 11 is 0. The van der Waals surface area contributed by atoms with Crippen molar-refractivity contribution in [3.05, 3.63) is 54.1 Å². The van der Waals surface area contributed by atoms with E-state index < -0.39 is 71.4 Å². The van der Waals surface area contributed by atoms with Crippen LogP contribution in [0.15, 0.2) is 53.7 Å². The van der Waals surface area contributed by atoms with Crippen molar-refractivity contribution in [2.75, 3.05) is 27.3 Å².